The van der Waals surface area contributed by atoms with E-state index in [0.717, 1.165) is 23.6 Å². The highest BCUT2D eigenvalue weighted by atomic mass is 16.6. The molecule has 26 heavy (non-hydrogen) atoms. The van der Waals surface area contributed by atoms with Crippen LogP contribution in [0, 0.1) is 0 Å². The molecule has 1 saturated heterocycles. The molecule has 1 aliphatic carbocycles. The summed E-state index contributed by atoms with van der Waals surface area (Å²) in [5.41, 5.74) is 1.02. The molecule has 1 heterocycles. The van der Waals surface area contributed by atoms with Gasteiger partial charge in [-0.2, -0.15) is 0 Å². The Morgan fingerprint density at radius 3 is 2.62 bits per heavy atom. The Morgan fingerprint density at radius 2 is 1.96 bits per heavy atom. The van der Waals surface area contributed by atoms with Crippen molar-refractivity contribution in [1.82, 2.24) is 4.90 Å². The second-order valence-corrected chi connectivity index (χ2v) is 8.40. The summed E-state index contributed by atoms with van der Waals surface area (Å²) >= 11 is 0. The van der Waals surface area contributed by atoms with Crippen molar-refractivity contribution in [3.05, 3.63) is 23.8 Å². The lowest BCUT2D eigenvalue weighted by atomic mass is 9.86. The molecule has 0 N–H and O–H groups in total. The van der Waals surface area contributed by atoms with Crippen molar-refractivity contribution in [3.63, 3.8) is 0 Å². The van der Waals surface area contributed by atoms with E-state index < -0.39 is 0 Å². The Labute approximate surface area is 156 Å². The molecule has 1 aromatic carbocycles. The van der Waals surface area contributed by atoms with Crippen LogP contribution in [-0.2, 0) is 14.9 Å². The van der Waals surface area contributed by atoms with Crippen molar-refractivity contribution in [1.29, 1.82) is 0 Å². The van der Waals surface area contributed by atoms with E-state index in [1.54, 1.807) is 7.11 Å². The van der Waals surface area contributed by atoms with Gasteiger partial charge < -0.3 is 14.2 Å². The van der Waals surface area contributed by atoms with Crippen LogP contribution in [-0.4, -0.2) is 49.8 Å². The van der Waals surface area contributed by atoms with Gasteiger partial charge >= 0.3 is 5.97 Å². The maximum atomic E-state index is 12.0. The van der Waals surface area contributed by atoms with E-state index in [9.17, 15) is 4.79 Å². The molecule has 5 nitrogen and oxygen atoms in total. The fourth-order valence-corrected chi connectivity index (χ4v) is 3.92. The largest absolute Gasteiger partial charge is 0.497 e. The number of cyclic esters (lactones) is 1. The summed E-state index contributed by atoms with van der Waals surface area (Å²) in [6.45, 7) is 8.00. The van der Waals surface area contributed by atoms with Gasteiger partial charge in [0, 0.05) is 18.2 Å². The predicted molar refractivity (Wildman–Crippen MR) is 101 cm³/mol. The SMILES string of the molecule is COc1ccc(OCC2CN(C3CCCC3)CC(=O)O2)c(C(C)(C)C)c1. The van der Waals surface area contributed by atoms with Gasteiger partial charge in [-0.3, -0.25) is 9.69 Å². The minimum absolute atomic E-state index is 0.0665. The van der Waals surface area contributed by atoms with Gasteiger partial charge in [0.1, 0.15) is 24.2 Å². The van der Waals surface area contributed by atoms with Crippen LogP contribution in [0.1, 0.15) is 52.0 Å². The van der Waals surface area contributed by atoms with E-state index in [-0.39, 0.29) is 17.5 Å². The molecule has 0 radical (unpaired) electrons. The van der Waals surface area contributed by atoms with Crippen LogP contribution < -0.4 is 9.47 Å². The van der Waals surface area contributed by atoms with Crippen LogP contribution in [0.25, 0.3) is 0 Å². The molecule has 1 atom stereocenters. The number of rotatable bonds is 5. The molecule has 0 bridgehead atoms. The first-order chi connectivity index (χ1) is 12.4. The van der Waals surface area contributed by atoms with Crippen molar-refractivity contribution in [3.8, 4) is 11.5 Å². The van der Waals surface area contributed by atoms with Gasteiger partial charge in [-0.25, -0.2) is 0 Å². The van der Waals surface area contributed by atoms with E-state index in [0.29, 0.717) is 19.2 Å². The summed E-state index contributed by atoms with van der Waals surface area (Å²) in [7, 11) is 1.67. The molecule has 3 rings (SSSR count). The maximum Gasteiger partial charge on any atom is 0.320 e. The molecule has 0 amide bonds. The Morgan fingerprint density at radius 1 is 1.23 bits per heavy atom. The standard InChI is InChI=1S/C21H31NO4/c1-21(2,3)18-11-16(24-4)9-10-19(18)25-14-17-12-22(13-20(23)26-17)15-7-5-6-8-15/h9-11,15,17H,5-8,12-14H2,1-4H3. The minimum Gasteiger partial charge on any atom is -0.497 e. The van der Waals surface area contributed by atoms with E-state index in [4.69, 9.17) is 14.2 Å². The highest BCUT2D eigenvalue weighted by Gasteiger charge is 2.33. The first-order valence-corrected chi connectivity index (χ1v) is 9.61. The molecule has 1 aromatic rings. The molecule has 2 aliphatic rings. The quantitative estimate of drug-likeness (QED) is 0.751. The zero-order valence-corrected chi connectivity index (χ0v) is 16.4. The fourth-order valence-electron chi connectivity index (χ4n) is 3.92. The van der Waals surface area contributed by atoms with Crippen LogP contribution in [0.4, 0.5) is 0 Å². The van der Waals surface area contributed by atoms with Crippen molar-refractivity contribution < 1.29 is 19.0 Å². The number of nitrogens with zero attached hydrogens (tertiary/aromatic N) is 1. The number of carbonyl (C=O) groups excluding carboxylic acids is 1. The minimum atomic E-state index is -0.216. The van der Waals surface area contributed by atoms with E-state index in [1.165, 1.54) is 25.7 Å². The smallest absolute Gasteiger partial charge is 0.320 e. The summed E-state index contributed by atoms with van der Waals surface area (Å²) in [5, 5.41) is 0. The third-order valence-corrected chi connectivity index (χ3v) is 5.33. The van der Waals surface area contributed by atoms with Crippen LogP contribution in [0.15, 0.2) is 18.2 Å². The Kier molecular flexibility index (Phi) is 5.76. The van der Waals surface area contributed by atoms with Crippen LogP contribution in [0.5, 0.6) is 11.5 Å². The third-order valence-electron chi connectivity index (χ3n) is 5.33. The summed E-state index contributed by atoms with van der Waals surface area (Å²) < 4.78 is 17.0. The van der Waals surface area contributed by atoms with Gasteiger partial charge in [-0.15, -0.1) is 0 Å². The number of ether oxygens (including phenoxy) is 3. The zero-order chi connectivity index (χ0) is 18.7. The van der Waals surface area contributed by atoms with Crippen LogP contribution in [0.3, 0.4) is 0 Å². The van der Waals surface area contributed by atoms with Gasteiger partial charge in [0.15, 0.2) is 0 Å². The number of hydrogen-bond acceptors (Lipinski definition) is 5. The zero-order valence-electron chi connectivity index (χ0n) is 16.4. The number of morpholine rings is 1. The second kappa shape index (κ2) is 7.87. The molecule has 0 aromatic heterocycles. The normalized spacial score (nSPS) is 22.3. The second-order valence-electron chi connectivity index (χ2n) is 8.40. The third kappa shape index (κ3) is 4.50. The molecule has 144 valence electrons. The molecule has 1 unspecified atom stereocenters. The lowest BCUT2D eigenvalue weighted by Crippen LogP contribution is -2.51. The van der Waals surface area contributed by atoms with Gasteiger partial charge in [0.2, 0.25) is 0 Å². The monoisotopic (exact) mass is 361 g/mol. The number of benzene rings is 1. The number of methoxy groups -OCH3 is 1. The summed E-state index contributed by atoms with van der Waals surface area (Å²) in [6, 6.07) is 6.39. The van der Waals surface area contributed by atoms with Crippen LogP contribution >= 0.6 is 0 Å². The number of hydrogen-bond donors (Lipinski definition) is 0. The summed E-state index contributed by atoms with van der Waals surface area (Å²) in [6.07, 6.45) is 4.68. The lowest BCUT2D eigenvalue weighted by Gasteiger charge is -2.36. The van der Waals surface area contributed by atoms with Crippen LogP contribution in [0.2, 0.25) is 0 Å². The van der Waals surface area contributed by atoms with E-state index in [1.807, 2.05) is 18.2 Å². The molecular formula is C21H31NO4. The molecule has 0 spiro atoms. The predicted octanol–water partition coefficient (Wildman–Crippen LogP) is 3.54. The molecular weight excluding hydrogens is 330 g/mol. The van der Waals surface area contributed by atoms with Crippen molar-refractivity contribution >= 4 is 5.97 Å². The fraction of sp³-hybridized carbons (Fsp3) is 0.667. The topological polar surface area (TPSA) is 48.0 Å². The Balaban J connectivity index is 1.67. The number of esters is 1. The Bertz CT molecular complexity index is 631. The van der Waals surface area contributed by atoms with Gasteiger partial charge in [-0.05, 0) is 36.5 Å². The lowest BCUT2D eigenvalue weighted by molar-refractivity contribution is -0.162. The number of carbonyl (C=O) groups is 1. The first-order valence-electron chi connectivity index (χ1n) is 9.61. The van der Waals surface area contributed by atoms with Crippen molar-refractivity contribution in [2.75, 3.05) is 26.8 Å². The maximum absolute atomic E-state index is 12.0. The highest BCUT2D eigenvalue weighted by Crippen LogP contribution is 2.34. The van der Waals surface area contributed by atoms with Crippen molar-refractivity contribution in [2.24, 2.45) is 0 Å². The Hall–Kier alpha value is -1.75. The molecule has 2 fully saturated rings. The first kappa shape index (κ1) is 19.0. The van der Waals surface area contributed by atoms with Gasteiger partial charge in [0.05, 0.1) is 13.7 Å². The molecule has 1 saturated carbocycles. The summed E-state index contributed by atoms with van der Waals surface area (Å²) in [4.78, 5) is 14.3. The van der Waals surface area contributed by atoms with Gasteiger partial charge in [0.25, 0.3) is 0 Å². The molecule has 5 heteroatoms. The summed E-state index contributed by atoms with van der Waals surface area (Å²) in [5.74, 6) is 1.51. The average Bonchev–Trinajstić information content (AvgIpc) is 3.13. The van der Waals surface area contributed by atoms with E-state index >= 15 is 0 Å². The average molecular weight is 361 g/mol. The van der Waals surface area contributed by atoms with E-state index in [2.05, 4.69) is 25.7 Å². The van der Waals surface area contributed by atoms with Crippen molar-refractivity contribution in [2.45, 2.75) is 64.0 Å². The highest BCUT2D eigenvalue weighted by molar-refractivity contribution is 5.72. The van der Waals surface area contributed by atoms with Gasteiger partial charge in [-0.1, -0.05) is 33.6 Å². The molecule has 1 aliphatic heterocycles.